The summed E-state index contributed by atoms with van der Waals surface area (Å²) in [5.74, 6) is 0. The highest BCUT2D eigenvalue weighted by Crippen LogP contribution is 2.46. The molecule has 0 aliphatic carbocycles. The van der Waals surface area contributed by atoms with E-state index in [1.807, 2.05) is 0 Å². The maximum absolute atomic E-state index is 2.41. The minimum absolute atomic E-state index is 1.07. The Labute approximate surface area is 397 Å². The van der Waals surface area contributed by atoms with Crippen molar-refractivity contribution in [3.63, 3.8) is 0 Å². The van der Waals surface area contributed by atoms with E-state index in [1.165, 1.54) is 77.4 Å². The van der Waals surface area contributed by atoms with Crippen molar-refractivity contribution in [1.29, 1.82) is 0 Å². The molecule has 0 fully saturated rings. The third kappa shape index (κ3) is 7.45. The molecule has 0 unspecified atom stereocenters. The van der Waals surface area contributed by atoms with Gasteiger partial charge in [-0.15, -0.1) is 0 Å². The van der Waals surface area contributed by atoms with Crippen molar-refractivity contribution in [3.05, 3.63) is 279 Å². The number of fused-ring (bicyclic) bond motifs is 3. The van der Waals surface area contributed by atoms with Crippen molar-refractivity contribution in [2.75, 3.05) is 4.90 Å². The molecule has 320 valence electrons. The summed E-state index contributed by atoms with van der Waals surface area (Å²) in [6.45, 7) is 0. The Hall–Kier alpha value is -8.98. The smallest absolute Gasteiger partial charge is 0.0547 e. The second kappa shape index (κ2) is 17.8. The van der Waals surface area contributed by atoms with E-state index < -0.39 is 0 Å². The predicted octanol–water partition coefficient (Wildman–Crippen LogP) is 18.3. The zero-order chi connectivity index (χ0) is 45.2. The third-order valence-corrected chi connectivity index (χ3v) is 13.2. The molecule has 0 radical (unpaired) electrons. The molecular weight excluding hydrogens is 821 g/mol. The third-order valence-electron chi connectivity index (χ3n) is 13.2. The summed E-state index contributed by atoms with van der Waals surface area (Å²) in [5.41, 5.74) is 20.9. The lowest BCUT2D eigenvalue weighted by Crippen LogP contribution is -2.10. The molecule has 0 aliphatic rings. The Kier molecular flexibility index (Phi) is 10.6. The van der Waals surface area contributed by atoms with Gasteiger partial charge in [-0.05, 0) is 127 Å². The van der Waals surface area contributed by atoms with E-state index in [9.17, 15) is 0 Å². The fraction of sp³-hybridized carbons (Fsp3) is 0. The number of benzene rings is 11. The summed E-state index contributed by atoms with van der Waals surface area (Å²) in [6.07, 6.45) is 0. The summed E-state index contributed by atoms with van der Waals surface area (Å²) in [4.78, 5) is 2.41. The van der Waals surface area contributed by atoms with Crippen LogP contribution in [0.5, 0.6) is 0 Å². The van der Waals surface area contributed by atoms with Crippen LogP contribution in [0.3, 0.4) is 0 Å². The monoisotopic (exact) mass is 866 g/mol. The van der Waals surface area contributed by atoms with Gasteiger partial charge in [-0.1, -0.05) is 218 Å². The van der Waals surface area contributed by atoms with Gasteiger partial charge < -0.3 is 9.47 Å². The first-order valence-corrected chi connectivity index (χ1v) is 23.3. The number of nitrogens with zero attached hydrogens (tertiary/aromatic N) is 2. The lowest BCUT2D eigenvalue weighted by Gasteiger charge is -2.27. The number of hydrogen-bond donors (Lipinski definition) is 0. The molecule has 12 rings (SSSR count). The second-order valence-corrected chi connectivity index (χ2v) is 17.2. The highest BCUT2D eigenvalue weighted by atomic mass is 15.1. The largest absolute Gasteiger partial charge is 0.310 e. The molecule has 0 aliphatic heterocycles. The number of aromatic nitrogens is 1. The van der Waals surface area contributed by atoms with E-state index in [1.54, 1.807) is 0 Å². The molecule has 1 aromatic heterocycles. The van der Waals surface area contributed by atoms with Gasteiger partial charge in [0, 0.05) is 33.5 Å². The molecule has 0 atom stereocenters. The lowest BCUT2D eigenvalue weighted by atomic mass is 9.84. The first kappa shape index (κ1) is 40.5. The number of rotatable bonds is 10. The zero-order valence-corrected chi connectivity index (χ0v) is 37.5. The first-order chi connectivity index (χ1) is 33.8. The second-order valence-electron chi connectivity index (χ2n) is 17.2. The van der Waals surface area contributed by atoms with Gasteiger partial charge in [-0.2, -0.15) is 0 Å². The number of anilines is 3. The summed E-state index contributed by atoms with van der Waals surface area (Å²) in [5, 5.41) is 2.47. The molecule has 12 aromatic rings. The fourth-order valence-electron chi connectivity index (χ4n) is 10.1. The summed E-state index contributed by atoms with van der Waals surface area (Å²) >= 11 is 0. The van der Waals surface area contributed by atoms with Crippen LogP contribution in [0.15, 0.2) is 279 Å². The molecule has 0 spiro atoms. The van der Waals surface area contributed by atoms with Crippen molar-refractivity contribution < 1.29 is 0 Å². The van der Waals surface area contributed by atoms with Crippen LogP contribution in [0.25, 0.3) is 94.3 Å². The van der Waals surface area contributed by atoms with E-state index in [-0.39, 0.29) is 0 Å². The van der Waals surface area contributed by atoms with Crippen LogP contribution >= 0.6 is 0 Å². The van der Waals surface area contributed by atoms with Crippen molar-refractivity contribution in [1.82, 2.24) is 4.57 Å². The quantitative estimate of drug-likeness (QED) is 0.133. The van der Waals surface area contributed by atoms with E-state index in [4.69, 9.17) is 0 Å². The Morgan fingerprint density at radius 1 is 0.250 bits per heavy atom. The molecule has 0 amide bonds. The van der Waals surface area contributed by atoms with Crippen LogP contribution in [0.1, 0.15) is 0 Å². The standard InChI is InChI=1S/C66H46N2/c1-5-21-47(22-6-1)48-41-43-54(44-42-48)67(56-32-18-28-52(46-56)60-38-20-40-64-66(60)62-35-15-16-39-63(62)68(64)53-29-11-4-12-30-53)55-31-17-27-51(45-55)59-37-19-36-58(50-25-9-3-10-26-50)65(59)61-34-14-13-33-57(61)49-23-7-2-8-24-49/h1-46H. The molecule has 1 heterocycles. The van der Waals surface area contributed by atoms with Crippen LogP contribution in [-0.4, -0.2) is 4.57 Å². The summed E-state index contributed by atoms with van der Waals surface area (Å²) in [7, 11) is 0. The van der Waals surface area contributed by atoms with Crippen molar-refractivity contribution in [2.24, 2.45) is 0 Å². The van der Waals surface area contributed by atoms with E-state index in [0.717, 1.165) is 33.9 Å². The van der Waals surface area contributed by atoms with Crippen molar-refractivity contribution in [3.8, 4) is 72.4 Å². The van der Waals surface area contributed by atoms with Gasteiger partial charge in [0.2, 0.25) is 0 Å². The summed E-state index contributed by atoms with van der Waals surface area (Å²) in [6, 6.07) is 101. The Bertz CT molecular complexity index is 3710. The minimum Gasteiger partial charge on any atom is -0.310 e. The minimum atomic E-state index is 1.07. The van der Waals surface area contributed by atoms with Gasteiger partial charge in [0.15, 0.2) is 0 Å². The topological polar surface area (TPSA) is 8.17 Å². The molecule has 0 bridgehead atoms. The Morgan fingerprint density at radius 2 is 0.676 bits per heavy atom. The highest BCUT2D eigenvalue weighted by Gasteiger charge is 2.21. The normalized spacial score (nSPS) is 11.2. The van der Waals surface area contributed by atoms with Crippen LogP contribution < -0.4 is 4.90 Å². The van der Waals surface area contributed by atoms with Gasteiger partial charge in [-0.3, -0.25) is 0 Å². The summed E-state index contributed by atoms with van der Waals surface area (Å²) < 4.78 is 2.39. The average molecular weight is 867 g/mol. The lowest BCUT2D eigenvalue weighted by molar-refractivity contribution is 1.18. The molecular formula is C66H46N2. The maximum Gasteiger partial charge on any atom is 0.0547 e. The van der Waals surface area contributed by atoms with Crippen LogP contribution in [0.4, 0.5) is 17.1 Å². The Balaban J connectivity index is 1.05. The number of para-hydroxylation sites is 2. The van der Waals surface area contributed by atoms with Gasteiger partial charge in [-0.25, -0.2) is 0 Å². The molecule has 11 aromatic carbocycles. The molecule has 2 nitrogen and oxygen atoms in total. The molecule has 2 heteroatoms. The maximum atomic E-state index is 2.41. The van der Waals surface area contributed by atoms with Crippen molar-refractivity contribution >= 4 is 38.9 Å². The van der Waals surface area contributed by atoms with Gasteiger partial charge in [0.1, 0.15) is 0 Å². The Morgan fingerprint density at radius 3 is 1.34 bits per heavy atom. The molecule has 0 saturated carbocycles. The SMILES string of the molecule is c1ccc(-c2ccc(N(c3cccc(-c4cccc(-c5ccccc5)c4-c4ccccc4-c4ccccc4)c3)c3cccc(-c4cccc5c4c4ccccc4n5-c4ccccc4)c3)cc2)cc1. The highest BCUT2D eigenvalue weighted by molar-refractivity contribution is 6.16. The molecule has 68 heavy (non-hydrogen) atoms. The molecule has 0 N–H and O–H groups in total. The average Bonchev–Trinajstić information content (AvgIpc) is 3.77. The van der Waals surface area contributed by atoms with Crippen LogP contribution in [0, 0.1) is 0 Å². The van der Waals surface area contributed by atoms with E-state index in [0.29, 0.717) is 0 Å². The van der Waals surface area contributed by atoms with Crippen molar-refractivity contribution in [2.45, 2.75) is 0 Å². The van der Waals surface area contributed by atoms with E-state index in [2.05, 4.69) is 289 Å². The van der Waals surface area contributed by atoms with Gasteiger partial charge >= 0.3 is 0 Å². The zero-order valence-electron chi connectivity index (χ0n) is 37.5. The first-order valence-electron chi connectivity index (χ1n) is 23.3. The van der Waals surface area contributed by atoms with Crippen LogP contribution in [0.2, 0.25) is 0 Å². The van der Waals surface area contributed by atoms with Gasteiger partial charge in [0.25, 0.3) is 0 Å². The predicted molar refractivity (Wildman–Crippen MR) is 288 cm³/mol. The van der Waals surface area contributed by atoms with Crippen LogP contribution in [-0.2, 0) is 0 Å². The van der Waals surface area contributed by atoms with Gasteiger partial charge in [0.05, 0.1) is 11.0 Å². The fourth-order valence-corrected chi connectivity index (χ4v) is 10.1. The van der Waals surface area contributed by atoms with E-state index >= 15 is 0 Å². The molecule has 0 saturated heterocycles. The number of hydrogen-bond acceptors (Lipinski definition) is 1.